The van der Waals surface area contributed by atoms with Crippen molar-refractivity contribution in [3.05, 3.63) is 203 Å². The molecule has 1 N–H and O–H groups in total. The topological polar surface area (TPSA) is 141 Å². The van der Waals surface area contributed by atoms with Crippen LogP contribution < -0.4 is 4.90 Å². The van der Waals surface area contributed by atoms with E-state index in [9.17, 15) is 26.2 Å². The van der Waals surface area contributed by atoms with E-state index in [1.165, 1.54) is 4.90 Å². The first-order chi connectivity index (χ1) is 30.4. The third-order valence-electron chi connectivity index (χ3n) is 11.5. The number of anilines is 1. The van der Waals surface area contributed by atoms with Gasteiger partial charge in [-0.1, -0.05) is 103 Å². The lowest BCUT2D eigenvalue weighted by Gasteiger charge is -2.27. The monoisotopic (exact) mass is 794 g/mol. The van der Waals surface area contributed by atoms with E-state index in [0.29, 0.717) is 55.9 Å². The molecule has 62 heavy (non-hydrogen) atoms. The van der Waals surface area contributed by atoms with E-state index in [2.05, 4.69) is 24.3 Å². The highest BCUT2D eigenvalue weighted by molar-refractivity contribution is 6.18. The van der Waals surface area contributed by atoms with Crippen LogP contribution in [0, 0.1) is 45.3 Å². The average Bonchev–Trinajstić information content (AvgIpc) is 3.80. The molecule has 10 rings (SSSR count). The highest BCUT2D eigenvalue weighted by Crippen LogP contribution is 2.48. The average molecular weight is 795 g/mol. The van der Waals surface area contributed by atoms with Crippen LogP contribution in [0.4, 0.5) is 5.69 Å². The molecule has 0 aliphatic carbocycles. The number of aromatic nitrogens is 1. The molecule has 0 bridgehead atoms. The van der Waals surface area contributed by atoms with Gasteiger partial charge in [-0.3, -0.25) is 9.69 Å². The Balaban J connectivity index is 1.21. The van der Waals surface area contributed by atoms with Crippen LogP contribution in [-0.2, 0) is 0 Å². The molecule has 0 saturated heterocycles. The van der Waals surface area contributed by atoms with Crippen LogP contribution in [0.3, 0.4) is 0 Å². The van der Waals surface area contributed by atoms with E-state index < -0.39 is 6.23 Å². The summed E-state index contributed by atoms with van der Waals surface area (Å²) in [6.45, 7) is 0. The van der Waals surface area contributed by atoms with Gasteiger partial charge in [-0.2, -0.15) is 21.0 Å². The number of hydrogen-bond acceptors (Lipinski definition) is 6. The summed E-state index contributed by atoms with van der Waals surface area (Å²) in [6, 6.07) is 61.7. The van der Waals surface area contributed by atoms with Gasteiger partial charge in [0.2, 0.25) is 0 Å². The molecule has 9 aromatic rings. The second kappa shape index (κ2) is 15.0. The fourth-order valence-electron chi connectivity index (χ4n) is 8.78. The molecule has 1 aliphatic heterocycles. The summed E-state index contributed by atoms with van der Waals surface area (Å²) < 4.78 is 2.03. The summed E-state index contributed by atoms with van der Waals surface area (Å²) >= 11 is 0. The molecule has 0 fully saturated rings. The first-order valence-electron chi connectivity index (χ1n) is 19.8. The Labute approximate surface area is 356 Å². The molecule has 288 valence electrons. The maximum absolute atomic E-state index is 15.3. The van der Waals surface area contributed by atoms with Crippen LogP contribution in [0.5, 0.6) is 0 Å². The number of nitriles is 4. The van der Waals surface area contributed by atoms with Gasteiger partial charge in [-0.25, -0.2) is 0 Å². The molecule has 1 aromatic heterocycles. The summed E-state index contributed by atoms with van der Waals surface area (Å²) in [5.74, 6) is -0.360. The van der Waals surface area contributed by atoms with Crippen LogP contribution in [0.25, 0.3) is 72.0 Å². The molecule has 8 aromatic carbocycles. The van der Waals surface area contributed by atoms with E-state index in [1.54, 1.807) is 42.5 Å². The van der Waals surface area contributed by atoms with Crippen molar-refractivity contribution in [3.8, 4) is 74.5 Å². The van der Waals surface area contributed by atoms with Crippen molar-refractivity contribution in [2.24, 2.45) is 0 Å². The summed E-state index contributed by atoms with van der Waals surface area (Å²) in [6.07, 6.45) is -1.31. The number of fused-ring (bicyclic) bond motifs is 4. The number of rotatable bonds is 6. The Morgan fingerprint density at radius 2 is 0.903 bits per heavy atom. The fraction of sp³-hybridized carbons (Fsp3) is 0.0185. The molecule has 1 aliphatic rings. The minimum atomic E-state index is -1.31. The minimum absolute atomic E-state index is 0.356. The molecule has 0 spiro atoms. The number of carbonyl (C=O) groups excluding carboxylic acids is 1. The molecule has 8 nitrogen and oxygen atoms in total. The summed E-state index contributed by atoms with van der Waals surface area (Å²) in [4.78, 5) is 16.8. The largest absolute Gasteiger partial charge is 0.369 e. The van der Waals surface area contributed by atoms with Crippen molar-refractivity contribution in [1.82, 2.24) is 4.57 Å². The first kappa shape index (κ1) is 37.2. The maximum Gasteiger partial charge on any atom is 0.263 e. The molecule has 1 atom stereocenters. The number of amides is 1. The number of para-hydroxylation sites is 1. The summed E-state index contributed by atoms with van der Waals surface area (Å²) in [5.41, 5.74) is 11.3. The van der Waals surface area contributed by atoms with Crippen LogP contribution in [0.1, 0.15) is 44.4 Å². The Bertz CT molecular complexity index is 3250. The van der Waals surface area contributed by atoms with Crippen molar-refractivity contribution in [3.63, 3.8) is 0 Å². The molecular weight excluding hydrogens is 765 g/mol. The maximum atomic E-state index is 15.3. The van der Waals surface area contributed by atoms with Gasteiger partial charge in [0, 0.05) is 27.5 Å². The molecule has 0 radical (unpaired) electrons. The van der Waals surface area contributed by atoms with Gasteiger partial charge < -0.3 is 9.67 Å². The Kier molecular flexibility index (Phi) is 8.98. The number of carbonyl (C=O) groups is 1. The predicted octanol–water partition coefficient (Wildman–Crippen LogP) is 11.6. The van der Waals surface area contributed by atoms with Crippen LogP contribution in [0.2, 0.25) is 0 Å². The lowest BCUT2D eigenvalue weighted by molar-refractivity contribution is 0.0935. The first-order valence-corrected chi connectivity index (χ1v) is 19.8. The smallest absolute Gasteiger partial charge is 0.263 e. The van der Waals surface area contributed by atoms with Gasteiger partial charge in [-0.05, 0) is 100 Å². The fourth-order valence-corrected chi connectivity index (χ4v) is 8.78. The zero-order chi connectivity index (χ0) is 42.5. The van der Waals surface area contributed by atoms with Gasteiger partial charge in [0.15, 0.2) is 6.23 Å². The van der Waals surface area contributed by atoms with Crippen molar-refractivity contribution in [1.29, 1.82) is 21.0 Å². The highest BCUT2D eigenvalue weighted by atomic mass is 16.3. The van der Waals surface area contributed by atoms with Crippen LogP contribution in [0.15, 0.2) is 170 Å². The van der Waals surface area contributed by atoms with Crippen LogP contribution >= 0.6 is 0 Å². The normalized spacial score (nSPS) is 13.0. The third-order valence-corrected chi connectivity index (χ3v) is 11.5. The molecule has 8 heteroatoms. The second-order valence-corrected chi connectivity index (χ2v) is 15.1. The SMILES string of the molecule is N#Cc1cc(C#N)cc(-c2ccc3c(c2)c2cc(-c4cc(C#N)cc(C#N)c4)ccc2n3-c2cccc3c2C(=O)N(c2c(-c4ccccc4)cccc2-c2ccccc2)C3O)c1. The van der Waals surface area contributed by atoms with Gasteiger partial charge in [0.05, 0.1) is 74.5 Å². The van der Waals surface area contributed by atoms with Crippen molar-refractivity contribution < 1.29 is 9.90 Å². The standard InChI is InChI=1S/C54H30N6O2/c55-29-33-21-34(30-56)24-41(23-33)39-17-19-48-46(27-39)47-28-40(42-25-35(31-57)22-36(26-42)32-58)18-20-49(47)59(48)50-16-8-15-45-51(50)54(62)60(53(45)61)52-43(37-9-3-1-4-10-37)13-7-14-44(52)38-11-5-2-6-12-38/h1-28,53,61H. The van der Waals surface area contributed by atoms with Gasteiger partial charge in [-0.15, -0.1) is 0 Å². The van der Waals surface area contributed by atoms with E-state index in [4.69, 9.17) is 0 Å². The number of aliphatic hydroxyl groups is 1. The second-order valence-electron chi connectivity index (χ2n) is 15.1. The van der Waals surface area contributed by atoms with E-state index in [-0.39, 0.29) is 5.91 Å². The predicted molar refractivity (Wildman–Crippen MR) is 240 cm³/mol. The molecule has 2 heterocycles. The zero-order valence-corrected chi connectivity index (χ0v) is 32.8. The molecule has 1 amide bonds. The Morgan fingerprint density at radius 3 is 1.35 bits per heavy atom. The van der Waals surface area contributed by atoms with E-state index in [0.717, 1.165) is 55.2 Å². The lowest BCUT2D eigenvalue weighted by Crippen LogP contribution is -2.29. The number of hydrogen-bond donors (Lipinski definition) is 1. The zero-order valence-electron chi connectivity index (χ0n) is 32.8. The van der Waals surface area contributed by atoms with Gasteiger partial charge in [0.25, 0.3) is 5.91 Å². The minimum Gasteiger partial charge on any atom is -0.369 e. The Morgan fingerprint density at radius 1 is 0.452 bits per heavy atom. The number of aliphatic hydroxyl groups excluding tert-OH is 1. The third kappa shape index (κ3) is 6.05. The van der Waals surface area contributed by atoms with E-state index >= 15 is 4.79 Å². The van der Waals surface area contributed by atoms with Crippen LogP contribution in [-0.4, -0.2) is 15.6 Å². The summed E-state index contributed by atoms with van der Waals surface area (Å²) in [5, 5.41) is 53.1. The number of nitrogens with zero attached hydrogens (tertiary/aromatic N) is 6. The highest BCUT2D eigenvalue weighted by Gasteiger charge is 2.41. The molecule has 1 unspecified atom stereocenters. The number of benzene rings is 8. The molecular formula is C54H30N6O2. The van der Waals surface area contributed by atoms with Gasteiger partial charge >= 0.3 is 0 Å². The Hall–Kier alpha value is -9.05. The van der Waals surface area contributed by atoms with E-state index in [1.807, 2.05) is 132 Å². The van der Waals surface area contributed by atoms with Crippen molar-refractivity contribution >= 4 is 33.4 Å². The molecule has 0 saturated carbocycles. The summed E-state index contributed by atoms with van der Waals surface area (Å²) in [7, 11) is 0. The quantitative estimate of drug-likeness (QED) is 0.178. The van der Waals surface area contributed by atoms with Crippen molar-refractivity contribution in [2.45, 2.75) is 6.23 Å². The van der Waals surface area contributed by atoms with Crippen molar-refractivity contribution in [2.75, 3.05) is 4.90 Å². The van der Waals surface area contributed by atoms with Gasteiger partial charge in [0.1, 0.15) is 0 Å². The lowest BCUT2D eigenvalue weighted by atomic mass is 9.95.